The molecule has 1 spiro atoms. The lowest BCUT2D eigenvalue weighted by molar-refractivity contribution is -0.136. The maximum atomic E-state index is 13.7. The molecule has 4 aromatic rings. The molecule has 1 unspecified atom stereocenters. The Morgan fingerprint density at radius 1 is 1.12 bits per heavy atom. The van der Waals surface area contributed by atoms with Crippen LogP contribution in [0.25, 0.3) is 22.7 Å². The van der Waals surface area contributed by atoms with Crippen LogP contribution in [0.4, 0.5) is 13.2 Å². The van der Waals surface area contributed by atoms with E-state index in [1.165, 1.54) is 29.5 Å². The molecule has 1 N–H and O–H groups in total. The number of aryl methyl sites for hydroxylation is 1. The van der Waals surface area contributed by atoms with Crippen LogP contribution in [0.5, 0.6) is 0 Å². The predicted octanol–water partition coefficient (Wildman–Crippen LogP) is 3.73. The first kappa shape index (κ1) is 20.3. The summed E-state index contributed by atoms with van der Waals surface area (Å²) >= 11 is 0. The van der Waals surface area contributed by atoms with Crippen molar-refractivity contribution in [1.29, 1.82) is 0 Å². The number of piperidine rings is 1. The Kier molecular flexibility index (Phi) is 4.23. The first-order valence-electron chi connectivity index (χ1n) is 10.9. The third-order valence-electron chi connectivity index (χ3n) is 6.75. The maximum absolute atomic E-state index is 13.7. The lowest BCUT2D eigenvalue weighted by Crippen LogP contribution is -2.39. The van der Waals surface area contributed by atoms with Crippen LogP contribution >= 0.6 is 0 Å². The van der Waals surface area contributed by atoms with E-state index in [1.54, 1.807) is 13.0 Å². The van der Waals surface area contributed by atoms with Crippen LogP contribution in [0.1, 0.15) is 48.4 Å². The van der Waals surface area contributed by atoms with Crippen molar-refractivity contribution in [2.24, 2.45) is 0 Å². The summed E-state index contributed by atoms with van der Waals surface area (Å²) in [5.74, 6) is 0.368. The van der Waals surface area contributed by atoms with Gasteiger partial charge in [0.05, 0.1) is 17.6 Å². The van der Waals surface area contributed by atoms with Gasteiger partial charge in [-0.25, -0.2) is 14.5 Å². The molecule has 10 heteroatoms. The topological polar surface area (TPSA) is 76.6 Å². The molecule has 170 valence electrons. The number of pyridine rings is 1. The molecule has 2 fully saturated rings. The summed E-state index contributed by atoms with van der Waals surface area (Å²) in [5.41, 5.74) is 0.624. The Bertz CT molecular complexity index is 1470. The normalized spacial score (nSPS) is 20.1. The summed E-state index contributed by atoms with van der Waals surface area (Å²) < 4.78 is 43.5. The standard InChI is InChI=1S/C23H21F3N6O/c1-13-11-32-21(28-13)16(23(24,25)26)8-18(30-32)17-9-20(33)31-12-15(2-3-19(31)29-17)14-4-7-27-22(10-14)5-6-22/h2-3,8-9,11-12,14,27H,4-7,10H2,1H3. The average molecular weight is 454 g/mol. The molecular formula is C23H21F3N6O. The molecule has 1 aliphatic heterocycles. The number of imidazole rings is 1. The molecule has 1 saturated heterocycles. The first-order chi connectivity index (χ1) is 15.7. The molecule has 2 aliphatic rings. The van der Waals surface area contributed by atoms with Gasteiger partial charge < -0.3 is 5.32 Å². The van der Waals surface area contributed by atoms with Crippen LogP contribution in [0.2, 0.25) is 0 Å². The summed E-state index contributed by atoms with van der Waals surface area (Å²) in [6.07, 6.45) is 3.04. The van der Waals surface area contributed by atoms with Gasteiger partial charge in [0.1, 0.15) is 16.9 Å². The van der Waals surface area contributed by atoms with E-state index >= 15 is 0 Å². The molecule has 0 amide bonds. The number of hydrogen-bond donors (Lipinski definition) is 1. The van der Waals surface area contributed by atoms with E-state index < -0.39 is 11.7 Å². The molecule has 0 bridgehead atoms. The third kappa shape index (κ3) is 3.49. The summed E-state index contributed by atoms with van der Waals surface area (Å²) in [4.78, 5) is 21.3. The van der Waals surface area contributed by atoms with E-state index in [1.807, 2.05) is 12.3 Å². The van der Waals surface area contributed by atoms with E-state index in [9.17, 15) is 18.0 Å². The van der Waals surface area contributed by atoms with Gasteiger partial charge in [-0.1, -0.05) is 6.07 Å². The number of alkyl halides is 3. The zero-order valence-corrected chi connectivity index (χ0v) is 17.9. The number of hydrogen-bond acceptors (Lipinski definition) is 5. The second-order valence-corrected chi connectivity index (χ2v) is 9.16. The Balaban J connectivity index is 1.44. The Labute approximate surface area is 186 Å². The van der Waals surface area contributed by atoms with Crippen molar-refractivity contribution in [3.05, 3.63) is 63.8 Å². The van der Waals surface area contributed by atoms with Crippen LogP contribution in [-0.2, 0) is 6.18 Å². The van der Waals surface area contributed by atoms with E-state index in [-0.39, 0.29) is 28.1 Å². The fraction of sp³-hybridized carbons (Fsp3) is 0.391. The van der Waals surface area contributed by atoms with Gasteiger partial charge in [0.2, 0.25) is 0 Å². The SMILES string of the molecule is Cc1cn2nc(-c3cc(=O)n4cc(C5CCNC6(CC6)C5)ccc4n3)cc(C(F)(F)F)c2n1. The van der Waals surface area contributed by atoms with E-state index in [2.05, 4.69) is 20.4 Å². The number of nitrogens with one attached hydrogen (secondary N) is 1. The van der Waals surface area contributed by atoms with Crippen LogP contribution < -0.4 is 10.9 Å². The highest BCUT2D eigenvalue weighted by Gasteiger charge is 2.46. The van der Waals surface area contributed by atoms with Gasteiger partial charge in [0, 0.05) is 17.8 Å². The molecule has 1 saturated carbocycles. The zero-order chi connectivity index (χ0) is 23.0. The highest BCUT2D eigenvalue weighted by atomic mass is 19.4. The largest absolute Gasteiger partial charge is 0.420 e. The number of nitrogens with zero attached hydrogens (tertiary/aromatic N) is 5. The van der Waals surface area contributed by atoms with Crippen LogP contribution in [0.15, 0.2) is 41.5 Å². The Hall–Kier alpha value is -3.27. The minimum atomic E-state index is -4.62. The van der Waals surface area contributed by atoms with Crippen LogP contribution in [0.3, 0.4) is 0 Å². The van der Waals surface area contributed by atoms with Gasteiger partial charge in [-0.2, -0.15) is 18.3 Å². The Morgan fingerprint density at radius 3 is 2.70 bits per heavy atom. The molecule has 1 atom stereocenters. The minimum Gasteiger partial charge on any atom is -0.311 e. The van der Waals surface area contributed by atoms with Gasteiger partial charge in [-0.05, 0) is 62.8 Å². The van der Waals surface area contributed by atoms with Gasteiger partial charge in [0.25, 0.3) is 5.56 Å². The molecule has 7 nitrogen and oxygen atoms in total. The van der Waals surface area contributed by atoms with E-state index in [0.29, 0.717) is 17.3 Å². The van der Waals surface area contributed by atoms with Gasteiger partial charge in [-0.3, -0.25) is 9.20 Å². The number of aromatic nitrogens is 5. The van der Waals surface area contributed by atoms with Gasteiger partial charge in [0.15, 0.2) is 5.65 Å². The number of rotatable bonds is 2. The third-order valence-corrected chi connectivity index (χ3v) is 6.75. The lowest BCUT2D eigenvalue weighted by atomic mass is 9.86. The quantitative estimate of drug-likeness (QED) is 0.500. The summed E-state index contributed by atoms with van der Waals surface area (Å²) in [5, 5.41) is 7.84. The van der Waals surface area contributed by atoms with Crippen LogP contribution in [-0.4, -0.2) is 36.1 Å². The van der Waals surface area contributed by atoms with Gasteiger partial charge in [-0.15, -0.1) is 0 Å². The van der Waals surface area contributed by atoms with Crippen molar-refractivity contribution >= 4 is 11.3 Å². The number of fused-ring (bicyclic) bond motifs is 2. The highest BCUT2D eigenvalue weighted by molar-refractivity contribution is 5.62. The second kappa shape index (κ2) is 6.86. The molecule has 1 aliphatic carbocycles. The smallest absolute Gasteiger partial charge is 0.311 e. The van der Waals surface area contributed by atoms with E-state index in [4.69, 9.17) is 0 Å². The van der Waals surface area contributed by atoms with Gasteiger partial charge >= 0.3 is 6.18 Å². The second-order valence-electron chi connectivity index (χ2n) is 9.16. The van der Waals surface area contributed by atoms with Crippen molar-refractivity contribution in [3.8, 4) is 11.4 Å². The molecule has 5 heterocycles. The van der Waals surface area contributed by atoms with Crippen LogP contribution in [0, 0.1) is 6.92 Å². The summed E-state index contributed by atoms with van der Waals surface area (Å²) in [7, 11) is 0. The Morgan fingerprint density at radius 2 is 1.94 bits per heavy atom. The zero-order valence-electron chi connectivity index (χ0n) is 17.9. The molecule has 4 aromatic heterocycles. The predicted molar refractivity (Wildman–Crippen MR) is 115 cm³/mol. The minimum absolute atomic E-state index is 0.0371. The molecular weight excluding hydrogens is 433 g/mol. The molecule has 33 heavy (non-hydrogen) atoms. The van der Waals surface area contributed by atoms with Crippen molar-refractivity contribution in [2.45, 2.75) is 50.2 Å². The monoisotopic (exact) mass is 454 g/mol. The summed E-state index contributed by atoms with van der Waals surface area (Å²) in [6.45, 7) is 2.55. The lowest BCUT2D eigenvalue weighted by Gasteiger charge is -2.30. The highest BCUT2D eigenvalue weighted by Crippen LogP contribution is 2.46. The van der Waals surface area contributed by atoms with E-state index in [0.717, 1.165) is 35.5 Å². The molecule has 0 radical (unpaired) electrons. The first-order valence-corrected chi connectivity index (χ1v) is 10.9. The molecule has 0 aromatic carbocycles. The van der Waals surface area contributed by atoms with Crippen molar-refractivity contribution in [1.82, 2.24) is 29.3 Å². The number of halogens is 3. The summed E-state index contributed by atoms with van der Waals surface area (Å²) in [6, 6.07) is 5.86. The average Bonchev–Trinajstić information content (AvgIpc) is 3.39. The fourth-order valence-electron chi connectivity index (χ4n) is 4.89. The fourth-order valence-corrected chi connectivity index (χ4v) is 4.89. The van der Waals surface area contributed by atoms with Crippen molar-refractivity contribution in [3.63, 3.8) is 0 Å². The van der Waals surface area contributed by atoms with Crippen molar-refractivity contribution in [2.75, 3.05) is 6.54 Å². The maximum Gasteiger partial charge on any atom is 0.420 e. The van der Waals surface area contributed by atoms with Crippen molar-refractivity contribution < 1.29 is 13.2 Å². The molecule has 6 rings (SSSR count).